The van der Waals surface area contributed by atoms with Gasteiger partial charge in [-0.2, -0.15) is 0 Å². The second-order valence-corrected chi connectivity index (χ2v) is 9.28. The van der Waals surface area contributed by atoms with Gasteiger partial charge in [-0.1, -0.05) is 12.1 Å². The van der Waals surface area contributed by atoms with Crippen molar-refractivity contribution in [3.8, 4) is 17.2 Å². The van der Waals surface area contributed by atoms with Crippen LogP contribution < -0.4 is 9.47 Å². The molecule has 0 radical (unpaired) electrons. The number of fused-ring (bicyclic) bond motifs is 5. The molecule has 0 saturated carbocycles. The number of nitrogens with zero attached hydrogens (tertiary/aromatic N) is 1. The van der Waals surface area contributed by atoms with E-state index in [2.05, 4.69) is 17.0 Å². The van der Waals surface area contributed by atoms with Crippen LogP contribution in [0.4, 0.5) is 0 Å². The van der Waals surface area contributed by atoms with Crippen molar-refractivity contribution in [3.63, 3.8) is 0 Å². The normalized spacial score (nSPS) is 27.2. The fraction of sp³-hybridized carbons (Fsp3) is 0.538. The number of aliphatic hydroxyl groups is 1. The van der Waals surface area contributed by atoms with Crippen molar-refractivity contribution in [3.05, 3.63) is 52.1 Å². The fourth-order valence-electron chi connectivity index (χ4n) is 5.34. The number of methoxy groups -OCH3 is 2. The van der Waals surface area contributed by atoms with Crippen LogP contribution in [0.1, 0.15) is 46.7 Å². The number of benzene rings is 2. The van der Waals surface area contributed by atoms with E-state index in [1.165, 1.54) is 22.3 Å². The predicted molar refractivity (Wildman–Crippen MR) is 123 cm³/mol. The molecular weight excluding hydrogens is 422 g/mol. The van der Waals surface area contributed by atoms with E-state index in [1.54, 1.807) is 14.2 Å². The zero-order chi connectivity index (χ0) is 23.1. The van der Waals surface area contributed by atoms with Crippen molar-refractivity contribution in [1.82, 2.24) is 4.90 Å². The fourth-order valence-corrected chi connectivity index (χ4v) is 5.34. The molecule has 4 heterocycles. The summed E-state index contributed by atoms with van der Waals surface area (Å²) >= 11 is 0. The van der Waals surface area contributed by atoms with E-state index >= 15 is 0 Å². The Labute approximate surface area is 194 Å². The Morgan fingerprint density at radius 2 is 1.94 bits per heavy atom. The van der Waals surface area contributed by atoms with E-state index in [-0.39, 0.29) is 19.0 Å². The van der Waals surface area contributed by atoms with Gasteiger partial charge in [0.15, 0.2) is 17.8 Å². The molecule has 178 valence electrons. The van der Waals surface area contributed by atoms with Crippen molar-refractivity contribution in [2.24, 2.45) is 0 Å². The van der Waals surface area contributed by atoms with Gasteiger partial charge in [0.05, 0.1) is 26.9 Å². The monoisotopic (exact) mass is 455 g/mol. The first-order valence-corrected chi connectivity index (χ1v) is 11.7. The second kappa shape index (κ2) is 9.14. The first-order chi connectivity index (χ1) is 16.0. The molecule has 0 aromatic heterocycles. The van der Waals surface area contributed by atoms with Gasteiger partial charge in [-0.3, -0.25) is 4.90 Å². The highest BCUT2D eigenvalue weighted by Crippen LogP contribution is 2.44. The molecule has 2 saturated heterocycles. The summed E-state index contributed by atoms with van der Waals surface area (Å²) < 4.78 is 21.4. The van der Waals surface area contributed by atoms with Gasteiger partial charge in [-0.25, -0.2) is 0 Å². The molecule has 2 N–H and O–H groups in total. The maximum absolute atomic E-state index is 10.2. The molecule has 6 rings (SSSR count). The van der Waals surface area contributed by atoms with Gasteiger partial charge in [0.1, 0.15) is 11.9 Å². The first kappa shape index (κ1) is 22.5. The lowest BCUT2D eigenvalue weighted by Crippen LogP contribution is -2.39. The summed E-state index contributed by atoms with van der Waals surface area (Å²) in [5.74, 6) is 2.04. The average molecular weight is 456 g/mol. The molecule has 4 atom stereocenters. The van der Waals surface area contributed by atoms with Gasteiger partial charge in [0, 0.05) is 24.7 Å². The molecule has 4 aliphatic rings. The van der Waals surface area contributed by atoms with Gasteiger partial charge >= 0.3 is 0 Å². The lowest BCUT2D eigenvalue weighted by Gasteiger charge is -2.42. The smallest absolute Gasteiger partial charge is 0.184 e. The van der Waals surface area contributed by atoms with Gasteiger partial charge in [0.2, 0.25) is 0 Å². The quantitative estimate of drug-likeness (QED) is 0.688. The number of epoxide rings is 1. The van der Waals surface area contributed by atoms with E-state index in [4.69, 9.17) is 24.1 Å². The highest BCUT2D eigenvalue weighted by atomic mass is 16.8. The average Bonchev–Trinajstić information content (AvgIpc) is 3.62. The molecular formula is C26H33NO6. The molecule has 3 unspecified atom stereocenters. The number of aryl methyl sites for hydroxylation is 1. The minimum absolute atomic E-state index is 0.0240. The third kappa shape index (κ3) is 4.30. The predicted octanol–water partition coefficient (Wildman–Crippen LogP) is 3.26. The topological polar surface area (TPSA) is 83.9 Å². The van der Waals surface area contributed by atoms with Crippen LogP contribution in [0.5, 0.6) is 17.2 Å². The molecule has 0 amide bonds. The molecule has 2 aromatic carbocycles. The summed E-state index contributed by atoms with van der Waals surface area (Å²) in [5.41, 5.74) is 6.14. The number of phenols is 1. The van der Waals surface area contributed by atoms with Crippen molar-refractivity contribution in [2.75, 3.05) is 27.4 Å². The van der Waals surface area contributed by atoms with Crippen molar-refractivity contribution in [2.45, 2.75) is 63.7 Å². The standard InChI is InChI=1S/C20H23NO3.C6H10O3/c1-12-8-14-6-7-21-11-16-13(4-5-19(23-2)20(16)24-3)9-17(21)15(14)10-18(12)22;7-3-4-1-2-5-6(8-4)9-5/h4-5,8,10,17,22H,6-7,9,11H2,1-3H3;4-7H,1-3H2/t17-;/m0./s1. The van der Waals surface area contributed by atoms with Crippen LogP contribution in [0.25, 0.3) is 0 Å². The molecule has 2 fully saturated rings. The Morgan fingerprint density at radius 3 is 2.67 bits per heavy atom. The van der Waals surface area contributed by atoms with E-state index in [0.717, 1.165) is 55.8 Å². The second-order valence-electron chi connectivity index (χ2n) is 9.28. The van der Waals surface area contributed by atoms with Crippen LogP contribution in [0.15, 0.2) is 24.3 Å². The van der Waals surface area contributed by atoms with Crippen LogP contribution in [-0.2, 0) is 28.9 Å². The molecule has 0 aliphatic carbocycles. The number of ether oxygens (including phenoxy) is 4. The molecule has 7 nitrogen and oxygen atoms in total. The van der Waals surface area contributed by atoms with Gasteiger partial charge in [-0.05, 0) is 67.0 Å². The maximum Gasteiger partial charge on any atom is 0.184 e. The highest BCUT2D eigenvalue weighted by molar-refractivity contribution is 5.53. The Balaban J connectivity index is 0.000000211. The summed E-state index contributed by atoms with van der Waals surface area (Å²) in [4.78, 5) is 2.49. The zero-order valence-corrected chi connectivity index (χ0v) is 19.5. The third-order valence-corrected chi connectivity index (χ3v) is 7.29. The molecule has 7 heteroatoms. The lowest BCUT2D eigenvalue weighted by molar-refractivity contribution is -0.0466. The molecule has 4 aliphatic heterocycles. The first-order valence-electron chi connectivity index (χ1n) is 11.7. The number of rotatable bonds is 3. The van der Waals surface area contributed by atoms with E-state index in [1.807, 2.05) is 19.1 Å². The number of hydrogen-bond acceptors (Lipinski definition) is 7. The van der Waals surface area contributed by atoms with E-state index in [9.17, 15) is 5.11 Å². The van der Waals surface area contributed by atoms with E-state index < -0.39 is 0 Å². The van der Waals surface area contributed by atoms with Crippen LogP contribution >= 0.6 is 0 Å². The molecule has 0 spiro atoms. The number of aliphatic hydroxyl groups excluding tert-OH is 1. The Morgan fingerprint density at radius 1 is 1.09 bits per heavy atom. The largest absolute Gasteiger partial charge is 0.508 e. The third-order valence-electron chi connectivity index (χ3n) is 7.29. The van der Waals surface area contributed by atoms with Crippen molar-refractivity contribution < 1.29 is 29.2 Å². The SMILES string of the molecule is COc1ccc2c(c1OC)CN1CCc3cc(C)c(O)cc3[C@@H]1C2.OCC1CCC2OC2O1. The molecule has 2 aromatic rings. The number of hydrogen-bond donors (Lipinski definition) is 2. The van der Waals surface area contributed by atoms with Gasteiger partial charge in [-0.15, -0.1) is 0 Å². The van der Waals surface area contributed by atoms with Crippen LogP contribution in [0, 0.1) is 6.92 Å². The number of phenolic OH excluding ortho intramolecular Hbond substituents is 1. The van der Waals surface area contributed by atoms with Gasteiger partial charge in [0.25, 0.3) is 0 Å². The highest BCUT2D eigenvalue weighted by Gasteiger charge is 2.45. The molecule has 33 heavy (non-hydrogen) atoms. The summed E-state index contributed by atoms with van der Waals surface area (Å²) in [5, 5.41) is 18.8. The summed E-state index contributed by atoms with van der Waals surface area (Å²) in [6.45, 7) is 3.98. The summed E-state index contributed by atoms with van der Waals surface area (Å²) in [7, 11) is 3.38. The Hall–Kier alpha value is -2.32. The zero-order valence-electron chi connectivity index (χ0n) is 19.5. The minimum atomic E-state index is 0.0240. The minimum Gasteiger partial charge on any atom is -0.508 e. The van der Waals surface area contributed by atoms with Gasteiger partial charge < -0.3 is 29.2 Å². The summed E-state index contributed by atoms with van der Waals surface area (Å²) in [6.07, 6.45) is 4.37. The maximum atomic E-state index is 10.2. The van der Waals surface area contributed by atoms with Crippen molar-refractivity contribution in [1.29, 1.82) is 0 Å². The Bertz CT molecular complexity index is 1020. The summed E-state index contributed by atoms with van der Waals surface area (Å²) in [6, 6.07) is 8.57. The lowest BCUT2D eigenvalue weighted by atomic mass is 9.83. The van der Waals surface area contributed by atoms with Crippen molar-refractivity contribution >= 4 is 0 Å². The van der Waals surface area contributed by atoms with Crippen LogP contribution in [0.3, 0.4) is 0 Å². The number of aromatic hydroxyl groups is 1. The Kier molecular flexibility index (Phi) is 6.22. The van der Waals surface area contributed by atoms with Crippen LogP contribution in [-0.4, -0.2) is 61.0 Å². The van der Waals surface area contributed by atoms with E-state index in [0.29, 0.717) is 17.9 Å². The van der Waals surface area contributed by atoms with Crippen LogP contribution in [0.2, 0.25) is 0 Å². The molecule has 0 bridgehead atoms.